The minimum atomic E-state index is -2.48. The van der Waals surface area contributed by atoms with Gasteiger partial charge in [-0.2, -0.15) is 0 Å². The molecule has 0 amide bonds. The van der Waals surface area contributed by atoms with Gasteiger partial charge in [-0.3, -0.25) is 0 Å². The van der Waals surface area contributed by atoms with Crippen LogP contribution in [0.15, 0.2) is 0 Å². The lowest BCUT2D eigenvalue weighted by atomic mass is 9.95. The molecule has 1 unspecified atom stereocenters. The maximum atomic E-state index is 12.8. The second kappa shape index (κ2) is 2.82. The predicted octanol–water partition coefficient (Wildman–Crippen LogP) is 2.07. The smallest absolute Gasteiger partial charge is 0.255 e. The van der Waals surface area contributed by atoms with Crippen LogP contribution in [0.25, 0.3) is 0 Å². The van der Waals surface area contributed by atoms with E-state index in [2.05, 4.69) is 0 Å². The van der Waals surface area contributed by atoms with Crippen molar-refractivity contribution in [1.82, 2.24) is 0 Å². The summed E-state index contributed by atoms with van der Waals surface area (Å²) in [6, 6.07) is 0. The highest BCUT2D eigenvalue weighted by molar-refractivity contribution is 4.78. The van der Waals surface area contributed by atoms with Gasteiger partial charge >= 0.3 is 0 Å². The van der Waals surface area contributed by atoms with Gasteiger partial charge in [-0.05, 0) is 6.42 Å². The van der Waals surface area contributed by atoms with Crippen LogP contribution in [0.4, 0.5) is 8.78 Å². The van der Waals surface area contributed by atoms with Crippen LogP contribution in [0.1, 0.15) is 19.8 Å². The molecule has 1 fully saturated rings. The molecular weight excluding hydrogens is 138 g/mol. The van der Waals surface area contributed by atoms with Crippen molar-refractivity contribution < 1.29 is 13.5 Å². The van der Waals surface area contributed by atoms with Crippen molar-refractivity contribution >= 4 is 0 Å². The van der Waals surface area contributed by atoms with Gasteiger partial charge in [0.1, 0.15) is 0 Å². The van der Waals surface area contributed by atoms with Crippen LogP contribution in [0.2, 0.25) is 0 Å². The molecule has 1 nitrogen and oxygen atoms in total. The maximum absolute atomic E-state index is 12.8. The summed E-state index contributed by atoms with van der Waals surface area (Å²) in [5.74, 6) is -3.03. The highest BCUT2D eigenvalue weighted by Crippen LogP contribution is 2.33. The Bertz CT molecular complexity index is 114. The Labute approximate surface area is 59.4 Å². The lowest BCUT2D eigenvalue weighted by Crippen LogP contribution is -2.37. The molecular formula is C7H12F2O. The molecule has 0 aromatic carbocycles. The Hall–Kier alpha value is -0.180. The van der Waals surface area contributed by atoms with E-state index in [4.69, 9.17) is 4.74 Å². The van der Waals surface area contributed by atoms with Gasteiger partial charge < -0.3 is 4.74 Å². The van der Waals surface area contributed by atoms with Crippen molar-refractivity contribution in [2.75, 3.05) is 13.2 Å². The number of alkyl halides is 2. The number of rotatable bonds is 1. The van der Waals surface area contributed by atoms with E-state index in [1.54, 1.807) is 6.92 Å². The van der Waals surface area contributed by atoms with Crippen LogP contribution < -0.4 is 0 Å². The number of halogens is 2. The highest BCUT2D eigenvalue weighted by atomic mass is 19.3. The first-order chi connectivity index (χ1) is 4.67. The van der Waals surface area contributed by atoms with E-state index >= 15 is 0 Å². The molecule has 0 aromatic rings. The van der Waals surface area contributed by atoms with Crippen molar-refractivity contribution in [1.29, 1.82) is 0 Å². The lowest BCUT2D eigenvalue weighted by molar-refractivity contribution is -0.141. The van der Waals surface area contributed by atoms with Crippen molar-refractivity contribution in [3.8, 4) is 0 Å². The molecule has 0 spiro atoms. The maximum Gasteiger partial charge on any atom is 0.255 e. The molecule has 1 aliphatic heterocycles. The average Bonchev–Trinajstić information content (AvgIpc) is 1.87. The summed E-state index contributed by atoms with van der Waals surface area (Å²) in [5.41, 5.74) is 0. The lowest BCUT2D eigenvalue weighted by Gasteiger charge is -2.30. The van der Waals surface area contributed by atoms with Gasteiger partial charge in [-0.15, -0.1) is 0 Å². The molecule has 3 heteroatoms. The molecule has 1 rings (SSSR count). The van der Waals surface area contributed by atoms with E-state index in [9.17, 15) is 8.78 Å². The SMILES string of the molecule is CCC1COCCC1(F)F. The first-order valence-electron chi connectivity index (χ1n) is 3.62. The van der Waals surface area contributed by atoms with E-state index in [0.29, 0.717) is 6.42 Å². The second-order valence-corrected chi connectivity index (χ2v) is 2.69. The third-order valence-corrected chi connectivity index (χ3v) is 1.99. The zero-order valence-electron chi connectivity index (χ0n) is 6.07. The Morgan fingerprint density at radius 1 is 1.60 bits per heavy atom. The minimum Gasteiger partial charge on any atom is -0.381 e. The van der Waals surface area contributed by atoms with Crippen LogP contribution in [0.5, 0.6) is 0 Å². The van der Waals surface area contributed by atoms with E-state index in [0.717, 1.165) is 0 Å². The molecule has 0 bridgehead atoms. The molecule has 1 aliphatic rings. The molecule has 0 aliphatic carbocycles. The molecule has 1 atom stereocenters. The standard InChI is InChI=1S/C7H12F2O/c1-2-6-5-10-4-3-7(6,8)9/h6H,2-5H2,1H3. The average molecular weight is 150 g/mol. The van der Waals surface area contributed by atoms with Gasteiger partial charge in [0, 0.05) is 12.3 Å². The van der Waals surface area contributed by atoms with Crippen LogP contribution >= 0.6 is 0 Å². The number of hydrogen-bond acceptors (Lipinski definition) is 1. The van der Waals surface area contributed by atoms with E-state index < -0.39 is 11.8 Å². The number of hydrogen-bond donors (Lipinski definition) is 0. The Morgan fingerprint density at radius 3 is 2.70 bits per heavy atom. The van der Waals surface area contributed by atoms with Crippen molar-refractivity contribution in [2.45, 2.75) is 25.7 Å². The molecule has 1 saturated heterocycles. The fourth-order valence-corrected chi connectivity index (χ4v) is 1.18. The monoisotopic (exact) mass is 150 g/mol. The predicted molar refractivity (Wildman–Crippen MR) is 34.2 cm³/mol. The van der Waals surface area contributed by atoms with E-state index in [1.807, 2.05) is 0 Å². The quantitative estimate of drug-likeness (QED) is 0.556. The molecule has 0 aromatic heterocycles. The van der Waals surface area contributed by atoms with Gasteiger partial charge in [-0.25, -0.2) is 8.78 Å². The van der Waals surface area contributed by atoms with Crippen LogP contribution in [0, 0.1) is 5.92 Å². The Kier molecular flexibility index (Phi) is 2.24. The summed E-state index contributed by atoms with van der Waals surface area (Å²) in [6.45, 7) is 2.21. The zero-order valence-corrected chi connectivity index (χ0v) is 6.07. The summed E-state index contributed by atoms with van der Waals surface area (Å²) in [5, 5.41) is 0. The van der Waals surface area contributed by atoms with Crippen molar-refractivity contribution in [3.05, 3.63) is 0 Å². The minimum absolute atomic E-state index is 0.106. The van der Waals surface area contributed by atoms with Gasteiger partial charge in [-0.1, -0.05) is 6.92 Å². The Morgan fingerprint density at radius 2 is 2.30 bits per heavy atom. The highest BCUT2D eigenvalue weighted by Gasteiger charge is 2.40. The van der Waals surface area contributed by atoms with Crippen molar-refractivity contribution in [3.63, 3.8) is 0 Å². The fourth-order valence-electron chi connectivity index (χ4n) is 1.18. The molecule has 0 saturated carbocycles. The first-order valence-corrected chi connectivity index (χ1v) is 3.62. The summed E-state index contributed by atoms with van der Waals surface area (Å²) in [6.07, 6.45) is 0.401. The summed E-state index contributed by atoms with van der Waals surface area (Å²) < 4.78 is 30.5. The summed E-state index contributed by atoms with van der Waals surface area (Å²) in [4.78, 5) is 0. The van der Waals surface area contributed by atoms with Crippen LogP contribution in [0.3, 0.4) is 0 Å². The van der Waals surface area contributed by atoms with Gasteiger partial charge in [0.25, 0.3) is 5.92 Å². The molecule has 1 heterocycles. The zero-order chi connectivity index (χ0) is 7.61. The third-order valence-electron chi connectivity index (χ3n) is 1.99. The normalized spacial score (nSPS) is 32.1. The van der Waals surface area contributed by atoms with E-state index in [-0.39, 0.29) is 19.6 Å². The van der Waals surface area contributed by atoms with E-state index in [1.165, 1.54) is 0 Å². The molecule has 0 N–H and O–H groups in total. The van der Waals surface area contributed by atoms with Gasteiger partial charge in [0.2, 0.25) is 0 Å². The first kappa shape index (κ1) is 7.92. The summed E-state index contributed by atoms with van der Waals surface area (Å²) in [7, 11) is 0. The summed E-state index contributed by atoms with van der Waals surface area (Å²) >= 11 is 0. The Balaban J connectivity index is 2.51. The van der Waals surface area contributed by atoms with Crippen LogP contribution in [-0.4, -0.2) is 19.1 Å². The molecule has 60 valence electrons. The van der Waals surface area contributed by atoms with Gasteiger partial charge in [0.05, 0.1) is 13.2 Å². The largest absolute Gasteiger partial charge is 0.381 e. The van der Waals surface area contributed by atoms with Crippen LogP contribution in [-0.2, 0) is 4.74 Å². The third kappa shape index (κ3) is 1.45. The topological polar surface area (TPSA) is 9.23 Å². The second-order valence-electron chi connectivity index (χ2n) is 2.69. The molecule has 10 heavy (non-hydrogen) atoms. The fraction of sp³-hybridized carbons (Fsp3) is 1.00. The van der Waals surface area contributed by atoms with Crippen molar-refractivity contribution in [2.24, 2.45) is 5.92 Å². The van der Waals surface area contributed by atoms with Gasteiger partial charge in [0.15, 0.2) is 0 Å². The molecule has 0 radical (unpaired) electrons. The number of ether oxygens (including phenoxy) is 1.